The second-order valence-corrected chi connectivity index (χ2v) is 2.89. The van der Waals surface area contributed by atoms with E-state index in [9.17, 15) is 4.39 Å². The molecule has 2 heterocycles. The molecule has 2 aromatic rings. The molecule has 0 unspecified atom stereocenters. The van der Waals surface area contributed by atoms with Crippen LogP contribution in [0, 0.1) is 5.82 Å². The molecular formula is C6H3BrFN3. The van der Waals surface area contributed by atoms with Crippen molar-refractivity contribution in [1.82, 2.24) is 14.6 Å². The summed E-state index contributed by atoms with van der Waals surface area (Å²) in [5.74, 6) is -0.328. The van der Waals surface area contributed by atoms with Crippen LogP contribution in [0.25, 0.3) is 5.65 Å². The minimum atomic E-state index is -0.328. The van der Waals surface area contributed by atoms with E-state index in [0.717, 1.165) is 0 Å². The summed E-state index contributed by atoms with van der Waals surface area (Å²) < 4.78 is 14.7. The number of hydrogen-bond acceptors (Lipinski definition) is 2. The highest BCUT2D eigenvalue weighted by Gasteiger charge is 2.01. The topological polar surface area (TPSA) is 30.2 Å². The molecular weight excluding hydrogens is 213 g/mol. The number of rotatable bonds is 0. The van der Waals surface area contributed by atoms with Crippen LogP contribution in [0.1, 0.15) is 0 Å². The molecule has 0 spiro atoms. The van der Waals surface area contributed by atoms with Gasteiger partial charge in [-0.05, 0) is 15.9 Å². The molecule has 56 valence electrons. The van der Waals surface area contributed by atoms with Crippen LogP contribution in [0.15, 0.2) is 23.1 Å². The quantitative estimate of drug-likeness (QED) is 0.669. The number of nitrogens with zero attached hydrogens (tertiary/aromatic N) is 3. The second kappa shape index (κ2) is 2.27. The van der Waals surface area contributed by atoms with E-state index in [1.165, 1.54) is 23.1 Å². The Morgan fingerprint density at radius 2 is 2.36 bits per heavy atom. The lowest BCUT2D eigenvalue weighted by molar-refractivity contribution is 0.618. The lowest BCUT2D eigenvalue weighted by Crippen LogP contribution is -1.88. The molecule has 3 nitrogen and oxygen atoms in total. The van der Waals surface area contributed by atoms with Crippen molar-refractivity contribution < 1.29 is 4.39 Å². The van der Waals surface area contributed by atoms with E-state index in [-0.39, 0.29) is 5.82 Å². The minimum absolute atomic E-state index is 0.328. The third kappa shape index (κ3) is 1.01. The summed E-state index contributed by atoms with van der Waals surface area (Å²) in [6, 6.07) is 1.32. The van der Waals surface area contributed by atoms with Gasteiger partial charge in [0.05, 0.1) is 4.47 Å². The Morgan fingerprint density at radius 1 is 1.55 bits per heavy atom. The number of fused-ring (bicyclic) bond motifs is 1. The van der Waals surface area contributed by atoms with Crippen molar-refractivity contribution in [2.45, 2.75) is 0 Å². The average molecular weight is 216 g/mol. The van der Waals surface area contributed by atoms with Gasteiger partial charge in [-0.15, -0.1) is 0 Å². The largest absolute Gasteiger partial charge is 0.220 e. The van der Waals surface area contributed by atoms with E-state index >= 15 is 0 Å². The van der Waals surface area contributed by atoms with Crippen LogP contribution in [-0.4, -0.2) is 14.6 Å². The van der Waals surface area contributed by atoms with E-state index in [2.05, 4.69) is 26.0 Å². The fourth-order valence-electron chi connectivity index (χ4n) is 0.813. The monoisotopic (exact) mass is 215 g/mol. The third-order valence-electron chi connectivity index (χ3n) is 1.32. The van der Waals surface area contributed by atoms with Crippen molar-refractivity contribution in [2.75, 3.05) is 0 Å². The molecule has 0 amide bonds. The molecule has 0 saturated carbocycles. The molecule has 0 saturated heterocycles. The maximum atomic E-state index is 12.8. The van der Waals surface area contributed by atoms with E-state index in [0.29, 0.717) is 10.1 Å². The van der Waals surface area contributed by atoms with Gasteiger partial charge in [-0.1, -0.05) is 0 Å². The Hall–Kier alpha value is -0.970. The molecule has 11 heavy (non-hydrogen) atoms. The van der Waals surface area contributed by atoms with Gasteiger partial charge in [0.15, 0.2) is 5.65 Å². The van der Waals surface area contributed by atoms with Gasteiger partial charge in [0.25, 0.3) is 0 Å². The SMILES string of the molecule is Fc1cc2ncnn2cc1Br. The van der Waals surface area contributed by atoms with Gasteiger partial charge in [0, 0.05) is 12.3 Å². The predicted molar refractivity (Wildman–Crippen MR) is 40.6 cm³/mol. The van der Waals surface area contributed by atoms with Gasteiger partial charge in [-0.25, -0.2) is 13.9 Å². The number of hydrogen-bond donors (Lipinski definition) is 0. The molecule has 0 aliphatic heterocycles. The van der Waals surface area contributed by atoms with E-state index in [1.54, 1.807) is 0 Å². The van der Waals surface area contributed by atoms with Crippen molar-refractivity contribution in [1.29, 1.82) is 0 Å². The van der Waals surface area contributed by atoms with Crippen molar-refractivity contribution in [3.05, 3.63) is 28.9 Å². The van der Waals surface area contributed by atoms with Crippen LogP contribution in [0.5, 0.6) is 0 Å². The van der Waals surface area contributed by atoms with Crippen LogP contribution in [0.4, 0.5) is 4.39 Å². The first kappa shape index (κ1) is 6.72. The maximum absolute atomic E-state index is 12.8. The Kier molecular flexibility index (Phi) is 1.38. The van der Waals surface area contributed by atoms with Crippen LogP contribution < -0.4 is 0 Å². The Bertz CT molecular complexity index is 362. The molecule has 0 aliphatic carbocycles. The van der Waals surface area contributed by atoms with Gasteiger partial charge >= 0.3 is 0 Å². The molecule has 0 bridgehead atoms. The first-order chi connectivity index (χ1) is 5.27. The number of pyridine rings is 1. The molecule has 2 rings (SSSR count). The molecule has 0 aromatic carbocycles. The van der Waals surface area contributed by atoms with Crippen molar-refractivity contribution >= 4 is 21.6 Å². The highest BCUT2D eigenvalue weighted by Crippen LogP contribution is 2.14. The van der Waals surface area contributed by atoms with Crippen LogP contribution >= 0.6 is 15.9 Å². The summed E-state index contributed by atoms with van der Waals surface area (Å²) in [6.45, 7) is 0. The highest BCUT2D eigenvalue weighted by atomic mass is 79.9. The summed E-state index contributed by atoms with van der Waals surface area (Å²) in [4.78, 5) is 3.81. The molecule has 0 atom stereocenters. The zero-order valence-electron chi connectivity index (χ0n) is 5.33. The lowest BCUT2D eigenvalue weighted by Gasteiger charge is -1.93. The summed E-state index contributed by atoms with van der Waals surface area (Å²) in [5, 5.41) is 3.83. The standard InChI is InChI=1S/C6H3BrFN3/c7-4-2-11-6(1-5(4)8)9-3-10-11/h1-3H. The average Bonchev–Trinajstić information content (AvgIpc) is 2.36. The van der Waals surface area contributed by atoms with Crippen molar-refractivity contribution in [3.8, 4) is 0 Å². The zero-order chi connectivity index (χ0) is 7.84. The fraction of sp³-hybridized carbons (Fsp3) is 0. The Morgan fingerprint density at radius 3 is 3.18 bits per heavy atom. The molecule has 0 N–H and O–H groups in total. The summed E-state index contributed by atoms with van der Waals surface area (Å²) in [7, 11) is 0. The van der Waals surface area contributed by atoms with Gasteiger partial charge in [0.1, 0.15) is 12.1 Å². The first-order valence-electron chi connectivity index (χ1n) is 2.92. The summed E-state index contributed by atoms with van der Waals surface area (Å²) in [6.07, 6.45) is 2.90. The molecule has 0 aliphatic rings. The fourth-order valence-corrected chi connectivity index (χ4v) is 1.12. The third-order valence-corrected chi connectivity index (χ3v) is 1.90. The molecule has 0 fully saturated rings. The van der Waals surface area contributed by atoms with E-state index in [4.69, 9.17) is 0 Å². The maximum Gasteiger partial charge on any atom is 0.158 e. The minimum Gasteiger partial charge on any atom is -0.220 e. The van der Waals surface area contributed by atoms with Crippen LogP contribution in [0.2, 0.25) is 0 Å². The van der Waals surface area contributed by atoms with Crippen LogP contribution in [0.3, 0.4) is 0 Å². The number of halogens is 2. The zero-order valence-corrected chi connectivity index (χ0v) is 6.92. The lowest BCUT2D eigenvalue weighted by atomic mass is 10.5. The van der Waals surface area contributed by atoms with Gasteiger partial charge < -0.3 is 0 Å². The molecule has 2 aromatic heterocycles. The Balaban J connectivity index is 2.86. The van der Waals surface area contributed by atoms with E-state index in [1.807, 2.05) is 0 Å². The first-order valence-corrected chi connectivity index (χ1v) is 3.71. The van der Waals surface area contributed by atoms with Gasteiger partial charge in [-0.3, -0.25) is 0 Å². The van der Waals surface area contributed by atoms with Crippen molar-refractivity contribution in [3.63, 3.8) is 0 Å². The van der Waals surface area contributed by atoms with E-state index < -0.39 is 0 Å². The second-order valence-electron chi connectivity index (χ2n) is 2.03. The normalized spacial score (nSPS) is 10.7. The summed E-state index contributed by atoms with van der Waals surface area (Å²) >= 11 is 3.04. The Labute approximate surface area is 70.0 Å². The smallest absolute Gasteiger partial charge is 0.158 e. The highest BCUT2D eigenvalue weighted by molar-refractivity contribution is 9.10. The molecule has 0 radical (unpaired) electrons. The van der Waals surface area contributed by atoms with Crippen molar-refractivity contribution in [2.24, 2.45) is 0 Å². The number of aromatic nitrogens is 3. The van der Waals surface area contributed by atoms with Gasteiger partial charge in [-0.2, -0.15) is 5.10 Å². The summed E-state index contributed by atoms with van der Waals surface area (Å²) in [5.41, 5.74) is 0.505. The van der Waals surface area contributed by atoms with Crippen LogP contribution in [-0.2, 0) is 0 Å². The van der Waals surface area contributed by atoms with Gasteiger partial charge in [0.2, 0.25) is 0 Å². The predicted octanol–water partition coefficient (Wildman–Crippen LogP) is 1.63. The molecule has 5 heteroatoms.